The Morgan fingerprint density at radius 1 is 0.833 bits per heavy atom. The zero-order chi connectivity index (χ0) is 25.9. The standard InChI is InChI=1S/C26H37N3O5S2/c1-20(2)34-26-7-5-4-6-25(26)29-18-16-28(17-19-29)22-10-8-21(9-11-22)27-36(32,33)24-14-12-23(13-15-24)35(3,30)31/h4-7,12-15,20-22,27H,8-11,16-19H2,1-3H3. The van der Waals surface area contributed by atoms with Gasteiger partial charge in [0.15, 0.2) is 9.84 Å². The maximum atomic E-state index is 12.8. The summed E-state index contributed by atoms with van der Waals surface area (Å²) in [6, 6.07) is 14.0. The number of benzene rings is 2. The summed E-state index contributed by atoms with van der Waals surface area (Å²) in [5, 5.41) is 0. The van der Waals surface area contributed by atoms with Crippen molar-refractivity contribution in [1.29, 1.82) is 0 Å². The van der Waals surface area contributed by atoms with E-state index in [9.17, 15) is 16.8 Å². The van der Waals surface area contributed by atoms with E-state index in [0.29, 0.717) is 6.04 Å². The maximum absolute atomic E-state index is 12.8. The van der Waals surface area contributed by atoms with Gasteiger partial charge in [0.25, 0.3) is 0 Å². The number of nitrogens with one attached hydrogen (secondary N) is 1. The van der Waals surface area contributed by atoms with E-state index in [1.165, 1.54) is 24.3 Å². The number of ether oxygens (including phenoxy) is 1. The Labute approximate surface area is 215 Å². The molecular formula is C26H37N3O5S2. The molecule has 4 rings (SSSR count). The van der Waals surface area contributed by atoms with Crippen LogP contribution in [0.15, 0.2) is 58.3 Å². The molecule has 2 aliphatic rings. The second-order valence-electron chi connectivity index (χ2n) is 10.0. The topological polar surface area (TPSA) is 96.0 Å². The second-order valence-corrected chi connectivity index (χ2v) is 13.8. The van der Waals surface area contributed by atoms with Crippen LogP contribution in [0.25, 0.3) is 0 Å². The minimum absolute atomic E-state index is 0.0925. The molecule has 0 amide bonds. The summed E-state index contributed by atoms with van der Waals surface area (Å²) in [5.74, 6) is 0.930. The summed E-state index contributed by atoms with van der Waals surface area (Å²) >= 11 is 0. The summed E-state index contributed by atoms with van der Waals surface area (Å²) in [7, 11) is -7.06. The van der Waals surface area contributed by atoms with E-state index in [1.807, 2.05) is 26.0 Å². The van der Waals surface area contributed by atoms with E-state index in [1.54, 1.807) is 0 Å². The molecule has 0 unspecified atom stereocenters. The third-order valence-corrected chi connectivity index (χ3v) is 9.64. The zero-order valence-electron chi connectivity index (χ0n) is 21.3. The average Bonchev–Trinajstić information content (AvgIpc) is 2.84. The first-order chi connectivity index (χ1) is 17.0. The van der Waals surface area contributed by atoms with Crippen LogP contribution in [0, 0.1) is 0 Å². The van der Waals surface area contributed by atoms with E-state index in [-0.39, 0.29) is 21.9 Å². The van der Waals surface area contributed by atoms with Crippen LogP contribution in [0.4, 0.5) is 5.69 Å². The molecule has 1 N–H and O–H groups in total. The average molecular weight is 536 g/mol. The minimum Gasteiger partial charge on any atom is -0.489 e. The van der Waals surface area contributed by atoms with Crippen molar-refractivity contribution >= 4 is 25.5 Å². The molecule has 1 saturated heterocycles. The highest BCUT2D eigenvalue weighted by Gasteiger charge is 2.31. The number of rotatable bonds is 8. The van der Waals surface area contributed by atoms with Crippen molar-refractivity contribution < 1.29 is 21.6 Å². The number of nitrogens with zero attached hydrogens (tertiary/aromatic N) is 2. The van der Waals surface area contributed by atoms with Crippen molar-refractivity contribution in [2.75, 3.05) is 37.3 Å². The Hall–Kier alpha value is -2.14. The van der Waals surface area contributed by atoms with Crippen LogP contribution in [0.1, 0.15) is 39.5 Å². The van der Waals surface area contributed by atoms with Gasteiger partial charge < -0.3 is 9.64 Å². The number of anilines is 1. The monoisotopic (exact) mass is 535 g/mol. The zero-order valence-corrected chi connectivity index (χ0v) is 22.9. The molecule has 36 heavy (non-hydrogen) atoms. The van der Waals surface area contributed by atoms with Crippen molar-refractivity contribution in [3.63, 3.8) is 0 Å². The van der Waals surface area contributed by atoms with Crippen molar-refractivity contribution in [1.82, 2.24) is 9.62 Å². The summed E-state index contributed by atoms with van der Waals surface area (Å²) in [5.41, 5.74) is 1.15. The quantitative estimate of drug-likeness (QED) is 0.554. The first kappa shape index (κ1) is 26.9. The third-order valence-electron chi connectivity index (χ3n) is 6.98. The largest absolute Gasteiger partial charge is 0.489 e. The van der Waals surface area contributed by atoms with Gasteiger partial charge in [-0.05, 0) is 75.9 Å². The highest BCUT2D eigenvalue weighted by Crippen LogP contribution is 2.31. The van der Waals surface area contributed by atoms with Crippen LogP contribution >= 0.6 is 0 Å². The van der Waals surface area contributed by atoms with Gasteiger partial charge >= 0.3 is 0 Å². The normalized spacial score (nSPS) is 22.1. The van der Waals surface area contributed by atoms with Crippen molar-refractivity contribution in [3.05, 3.63) is 48.5 Å². The molecule has 0 spiro atoms. The van der Waals surface area contributed by atoms with E-state index in [0.717, 1.165) is 69.6 Å². The van der Waals surface area contributed by atoms with Crippen molar-refractivity contribution in [2.24, 2.45) is 0 Å². The molecule has 0 aromatic heterocycles. The Morgan fingerprint density at radius 3 is 2.00 bits per heavy atom. The van der Waals surface area contributed by atoms with Crippen LogP contribution in [0.2, 0.25) is 0 Å². The van der Waals surface area contributed by atoms with Gasteiger partial charge in [0.1, 0.15) is 5.75 Å². The van der Waals surface area contributed by atoms with Gasteiger partial charge in [-0.1, -0.05) is 12.1 Å². The molecule has 0 atom stereocenters. The molecule has 0 radical (unpaired) electrons. The first-order valence-electron chi connectivity index (χ1n) is 12.6. The second kappa shape index (κ2) is 11.1. The predicted octanol–water partition coefficient (Wildman–Crippen LogP) is 3.29. The molecule has 1 saturated carbocycles. The lowest BCUT2D eigenvalue weighted by atomic mass is 9.90. The van der Waals surface area contributed by atoms with Gasteiger partial charge in [-0.25, -0.2) is 21.6 Å². The van der Waals surface area contributed by atoms with E-state index < -0.39 is 19.9 Å². The Kier molecular flexibility index (Phi) is 8.28. The van der Waals surface area contributed by atoms with Crippen LogP contribution in [-0.2, 0) is 19.9 Å². The van der Waals surface area contributed by atoms with Crippen LogP contribution in [0.5, 0.6) is 5.75 Å². The fraction of sp³-hybridized carbons (Fsp3) is 0.538. The number of hydrogen-bond acceptors (Lipinski definition) is 7. The number of hydrogen-bond donors (Lipinski definition) is 1. The molecule has 1 aliphatic carbocycles. The number of piperazine rings is 1. The molecule has 8 nitrogen and oxygen atoms in total. The Bertz CT molecular complexity index is 1230. The van der Waals surface area contributed by atoms with Crippen LogP contribution in [-0.4, -0.2) is 72.4 Å². The number of sulfone groups is 1. The summed E-state index contributed by atoms with van der Waals surface area (Å²) in [6.45, 7) is 7.91. The highest BCUT2D eigenvalue weighted by molar-refractivity contribution is 7.90. The van der Waals surface area contributed by atoms with E-state index in [4.69, 9.17) is 4.74 Å². The molecule has 0 bridgehead atoms. The molecule has 1 heterocycles. The van der Waals surface area contributed by atoms with Gasteiger partial charge in [0.05, 0.1) is 21.6 Å². The van der Waals surface area contributed by atoms with Crippen molar-refractivity contribution in [2.45, 2.75) is 67.5 Å². The van der Waals surface area contributed by atoms with Gasteiger partial charge in [0.2, 0.25) is 10.0 Å². The fourth-order valence-electron chi connectivity index (χ4n) is 5.11. The Balaban J connectivity index is 1.28. The SMILES string of the molecule is CC(C)Oc1ccccc1N1CCN(C2CCC(NS(=O)(=O)c3ccc(S(C)(=O)=O)cc3)CC2)CC1. The summed E-state index contributed by atoms with van der Waals surface area (Å²) < 4.78 is 57.8. The molecular weight excluding hydrogens is 498 g/mol. The summed E-state index contributed by atoms with van der Waals surface area (Å²) in [4.78, 5) is 5.13. The van der Waals surface area contributed by atoms with E-state index >= 15 is 0 Å². The smallest absolute Gasteiger partial charge is 0.240 e. The van der Waals surface area contributed by atoms with Gasteiger partial charge in [-0.15, -0.1) is 0 Å². The fourth-order valence-corrected chi connectivity index (χ4v) is 7.05. The first-order valence-corrected chi connectivity index (χ1v) is 16.0. The number of sulfonamides is 1. The molecule has 2 fully saturated rings. The Morgan fingerprint density at radius 2 is 1.42 bits per heavy atom. The minimum atomic E-state index is -3.69. The molecule has 2 aromatic rings. The van der Waals surface area contributed by atoms with Crippen LogP contribution < -0.4 is 14.4 Å². The molecule has 10 heteroatoms. The number of para-hydroxylation sites is 2. The lowest BCUT2D eigenvalue weighted by Gasteiger charge is -2.43. The van der Waals surface area contributed by atoms with E-state index in [2.05, 4.69) is 26.7 Å². The third kappa shape index (κ3) is 6.59. The van der Waals surface area contributed by atoms with Crippen LogP contribution in [0.3, 0.4) is 0 Å². The maximum Gasteiger partial charge on any atom is 0.240 e. The molecule has 1 aliphatic heterocycles. The van der Waals surface area contributed by atoms with Gasteiger partial charge in [-0.2, -0.15) is 0 Å². The summed E-state index contributed by atoms with van der Waals surface area (Å²) in [6.07, 6.45) is 4.72. The lowest BCUT2D eigenvalue weighted by molar-refractivity contribution is 0.139. The van der Waals surface area contributed by atoms with Crippen molar-refractivity contribution in [3.8, 4) is 5.75 Å². The lowest BCUT2D eigenvalue weighted by Crippen LogP contribution is -2.52. The van der Waals surface area contributed by atoms with Gasteiger partial charge in [-0.3, -0.25) is 4.90 Å². The predicted molar refractivity (Wildman–Crippen MR) is 142 cm³/mol. The molecule has 2 aromatic carbocycles. The highest BCUT2D eigenvalue weighted by atomic mass is 32.2. The van der Waals surface area contributed by atoms with Gasteiger partial charge in [0, 0.05) is 44.5 Å². The molecule has 198 valence electrons.